The number of benzene rings is 2. The van der Waals surface area contributed by atoms with E-state index in [0.717, 1.165) is 5.69 Å². The molecule has 0 amide bonds. The van der Waals surface area contributed by atoms with Crippen LogP contribution in [0.4, 0.5) is 0 Å². The average Bonchev–Trinajstić information content (AvgIpc) is 2.86. The molecule has 0 saturated heterocycles. The van der Waals surface area contributed by atoms with Crippen molar-refractivity contribution in [3.63, 3.8) is 0 Å². The van der Waals surface area contributed by atoms with Gasteiger partial charge in [0, 0.05) is 18.9 Å². The summed E-state index contributed by atoms with van der Waals surface area (Å²) in [6.07, 6.45) is 7.77. The van der Waals surface area contributed by atoms with Crippen LogP contribution in [0.1, 0.15) is 17.2 Å². The van der Waals surface area contributed by atoms with Crippen molar-refractivity contribution in [3.8, 4) is 12.3 Å². The van der Waals surface area contributed by atoms with Gasteiger partial charge in [-0.3, -0.25) is 0 Å². The third kappa shape index (κ3) is 2.02. The van der Waals surface area contributed by atoms with Gasteiger partial charge in [0.2, 0.25) is 0 Å². The summed E-state index contributed by atoms with van der Waals surface area (Å²) in [6.45, 7) is 0. The standard InChI is InChI=1S/C18H15N/c1-3-17(18-9-6-12-19(18)2)16-11-10-14-7-4-5-8-15(14)13-16/h1,4-13,17H,2H3. The smallest absolute Gasteiger partial charge is 0.0851 e. The van der Waals surface area contributed by atoms with Crippen LogP contribution in [0.5, 0.6) is 0 Å². The molecule has 0 spiro atoms. The minimum atomic E-state index is 0.00426. The van der Waals surface area contributed by atoms with E-state index in [-0.39, 0.29) is 5.92 Å². The van der Waals surface area contributed by atoms with Crippen molar-refractivity contribution < 1.29 is 0 Å². The van der Waals surface area contributed by atoms with E-state index < -0.39 is 0 Å². The highest BCUT2D eigenvalue weighted by Gasteiger charge is 2.14. The Bertz CT molecular complexity index is 758. The molecule has 19 heavy (non-hydrogen) atoms. The molecule has 0 bridgehead atoms. The van der Waals surface area contributed by atoms with Gasteiger partial charge in [-0.15, -0.1) is 6.42 Å². The zero-order valence-corrected chi connectivity index (χ0v) is 10.9. The Labute approximate surface area is 113 Å². The molecule has 0 N–H and O–H groups in total. The van der Waals surface area contributed by atoms with E-state index in [1.807, 2.05) is 19.3 Å². The SMILES string of the molecule is C#CC(c1ccc2ccccc2c1)c1cccn1C. The fraction of sp³-hybridized carbons (Fsp3) is 0.111. The first-order chi connectivity index (χ1) is 9.29. The Kier molecular flexibility index (Phi) is 2.85. The van der Waals surface area contributed by atoms with E-state index in [4.69, 9.17) is 6.42 Å². The zero-order valence-electron chi connectivity index (χ0n) is 10.9. The fourth-order valence-corrected chi connectivity index (χ4v) is 2.51. The van der Waals surface area contributed by atoms with E-state index in [0.29, 0.717) is 0 Å². The van der Waals surface area contributed by atoms with E-state index in [1.165, 1.54) is 16.3 Å². The molecule has 1 heteroatoms. The van der Waals surface area contributed by atoms with Gasteiger partial charge in [-0.05, 0) is 34.5 Å². The molecule has 3 aromatic rings. The Balaban J connectivity index is 2.12. The predicted molar refractivity (Wildman–Crippen MR) is 80.0 cm³/mol. The highest BCUT2D eigenvalue weighted by atomic mass is 14.9. The number of aromatic nitrogens is 1. The van der Waals surface area contributed by atoms with Crippen LogP contribution >= 0.6 is 0 Å². The molecule has 0 radical (unpaired) electrons. The number of nitrogens with zero attached hydrogens (tertiary/aromatic N) is 1. The highest BCUT2D eigenvalue weighted by Crippen LogP contribution is 2.27. The van der Waals surface area contributed by atoms with E-state index in [1.54, 1.807) is 0 Å². The Hall–Kier alpha value is -2.46. The maximum Gasteiger partial charge on any atom is 0.0851 e. The second-order valence-corrected chi connectivity index (χ2v) is 4.75. The molecule has 1 heterocycles. The van der Waals surface area contributed by atoms with Crippen molar-refractivity contribution in [2.75, 3.05) is 0 Å². The number of hydrogen-bond acceptors (Lipinski definition) is 0. The van der Waals surface area contributed by atoms with Crippen LogP contribution in [0.3, 0.4) is 0 Å². The Morgan fingerprint density at radius 1 is 1.00 bits per heavy atom. The van der Waals surface area contributed by atoms with Crippen molar-refractivity contribution in [2.24, 2.45) is 7.05 Å². The van der Waals surface area contributed by atoms with Crippen molar-refractivity contribution >= 4 is 10.8 Å². The molecule has 0 aliphatic carbocycles. The zero-order chi connectivity index (χ0) is 13.2. The van der Waals surface area contributed by atoms with E-state index >= 15 is 0 Å². The summed E-state index contributed by atoms with van der Waals surface area (Å²) in [5.41, 5.74) is 2.32. The fourth-order valence-electron chi connectivity index (χ4n) is 2.51. The lowest BCUT2D eigenvalue weighted by atomic mass is 9.94. The summed E-state index contributed by atoms with van der Waals surface area (Å²) in [4.78, 5) is 0. The van der Waals surface area contributed by atoms with Crippen molar-refractivity contribution in [1.29, 1.82) is 0 Å². The number of aryl methyl sites for hydroxylation is 1. The Morgan fingerprint density at radius 3 is 2.47 bits per heavy atom. The third-order valence-corrected chi connectivity index (χ3v) is 3.55. The average molecular weight is 245 g/mol. The highest BCUT2D eigenvalue weighted by molar-refractivity contribution is 5.83. The molecule has 0 aliphatic heterocycles. The van der Waals surface area contributed by atoms with Gasteiger partial charge in [0.1, 0.15) is 0 Å². The van der Waals surface area contributed by atoms with Crippen LogP contribution in [-0.2, 0) is 7.05 Å². The van der Waals surface area contributed by atoms with Crippen molar-refractivity contribution in [2.45, 2.75) is 5.92 Å². The normalized spacial score (nSPS) is 12.2. The van der Waals surface area contributed by atoms with Crippen LogP contribution in [-0.4, -0.2) is 4.57 Å². The maximum atomic E-state index is 5.75. The molecule has 0 saturated carbocycles. The quantitative estimate of drug-likeness (QED) is 0.603. The molecule has 1 aromatic heterocycles. The van der Waals surface area contributed by atoms with Crippen LogP contribution < -0.4 is 0 Å². The summed E-state index contributed by atoms with van der Waals surface area (Å²) in [5, 5.41) is 2.48. The van der Waals surface area contributed by atoms with Gasteiger partial charge in [0.15, 0.2) is 0 Å². The van der Waals surface area contributed by atoms with Gasteiger partial charge in [0.05, 0.1) is 5.92 Å². The largest absolute Gasteiger partial charge is 0.353 e. The molecule has 0 fully saturated rings. The molecule has 92 valence electrons. The van der Waals surface area contributed by atoms with Crippen LogP contribution in [0.15, 0.2) is 60.8 Å². The molecule has 0 aliphatic rings. The van der Waals surface area contributed by atoms with Crippen molar-refractivity contribution in [1.82, 2.24) is 4.57 Å². The monoisotopic (exact) mass is 245 g/mol. The van der Waals surface area contributed by atoms with E-state index in [9.17, 15) is 0 Å². The number of hydrogen-bond donors (Lipinski definition) is 0. The summed E-state index contributed by atoms with van der Waals surface area (Å²) in [7, 11) is 2.03. The van der Waals surface area contributed by atoms with Gasteiger partial charge >= 0.3 is 0 Å². The summed E-state index contributed by atoms with van der Waals surface area (Å²) >= 11 is 0. The second kappa shape index (κ2) is 4.66. The molecule has 2 aromatic carbocycles. The molecule has 1 nitrogen and oxygen atoms in total. The lowest BCUT2D eigenvalue weighted by molar-refractivity contribution is 0.820. The Morgan fingerprint density at radius 2 is 1.79 bits per heavy atom. The number of fused-ring (bicyclic) bond motifs is 1. The summed E-state index contributed by atoms with van der Waals surface area (Å²) in [6, 6.07) is 18.9. The summed E-state index contributed by atoms with van der Waals surface area (Å²) < 4.78 is 2.08. The minimum Gasteiger partial charge on any atom is -0.353 e. The molecular formula is C18H15N. The first-order valence-corrected chi connectivity index (χ1v) is 6.35. The summed E-state index contributed by atoms with van der Waals surface area (Å²) in [5.74, 6) is 2.91. The van der Waals surface area contributed by atoms with Gasteiger partial charge in [-0.25, -0.2) is 0 Å². The molecule has 3 rings (SSSR count). The number of rotatable bonds is 2. The van der Waals surface area contributed by atoms with Gasteiger partial charge in [-0.2, -0.15) is 0 Å². The third-order valence-electron chi connectivity index (χ3n) is 3.55. The lowest BCUT2D eigenvalue weighted by Gasteiger charge is -2.13. The van der Waals surface area contributed by atoms with Gasteiger partial charge < -0.3 is 4.57 Å². The van der Waals surface area contributed by atoms with Crippen LogP contribution in [0.25, 0.3) is 10.8 Å². The van der Waals surface area contributed by atoms with Crippen LogP contribution in [0.2, 0.25) is 0 Å². The molecular weight excluding hydrogens is 230 g/mol. The van der Waals surface area contributed by atoms with E-state index in [2.05, 4.69) is 59.0 Å². The van der Waals surface area contributed by atoms with Crippen molar-refractivity contribution in [3.05, 3.63) is 72.1 Å². The van der Waals surface area contributed by atoms with Gasteiger partial charge in [-0.1, -0.05) is 42.3 Å². The van der Waals surface area contributed by atoms with Crippen LogP contribution in [0, 0.1) is 12.3 Å². The maximum absolute atomic E-state index is 5.75. The second-order valence-electron chi connectivity index (χ2n) is 4.75. The predicted octanol–water partition coefficient (Wildman–Crippen LogP) is 3.94. The first kappa shape index (κ1) is 11.6. The molecule has 1 unspecified atom stereocenters. The lowest BCUT2D eigenvalue weighted by Crippen LogP contribution is -2.03. The van der Waals surface area contributed by atoms with Gasteiger partial charge in [0.25, 0.3) is 0 Å². The molecule has 1 atom stereocenters. The first-order valence-electron chi connectivity index (χ1n) is 6.35. The topological polar surface area (TPSA) is 4.93 Å². The minimum absolute atomic E-state index is 0.00426. The number of terminal acetylenes is 1.